The van der Waals surface area contributed by atoms with Crippen molar-refractivity contribution in [1.82, 2.24) is 0 Å². The Balaban J connectivity index is 3.91. The molecular weight excluding hydrogens is 255 g/mol. The van der Waals surface area contributed by atoms with Crippen molar-refractivity contribution < 1.29 is 9.90 Å². The van der Waals surface area contributed by atoms with Crippen LogP contribution in [0.2, 0.25) is 4.20 Å². The minimum atomic E-state index is -1.03. The molecule has 3 N–H and O–H groups in total. The van der Waals surface area contributed by atoms with E-state index in [4.69, 9.17) is 10.8 Å². The first-order valence-electron chi connectivity index (χ1n) is 4.58. The van der Waals surface area contributed by atoms with Crippen molar-refractivity contribution in [2.75, 3.05) is 6.54 Å². The van der Waals surface area contributed by atoms with Crippen LogP contribution < -0.4 is 5.73 Å². The fourth-order valence-corrected chi connectivity index (χ4v) is 0.877. The zero-order chi connectivity index (χ0) is 11.9. The molecule has 0 fully saturated rings. The van der Waals surface area contributed by atoms with Crippen LogP contribution >= 0.6 is 0 Å². The van der Waals surface area contributed by atoms with Crippen LogP contribution in [0.15, 0.2) is 4.99 Å². The molecule has 0 rings (SSSR count). The minimum absolute atomic E-state index is 0.561. The van der Waals surface area contributed by atoms with Crippen LogP contribution in [0.1, 0.15) is 26.7 Å². The molecule has 0 saturated carbocycles. The summed E-state index contributed by atoms with van der Waals surface area (Å²) in [6.45, 7) is 3.93. The average molecular weight is 270 g/mol. The van der Waals surface area contributed by atoms with Crippen molar-refractivity contribution in [2.24, 2.45) is 10.7 Å². The molecule has 2 radical (unpaired) electrons. The van der Waals surface area contributed by atoms with Gasteiger partial charge < -0.3 is 0 Å². The fourth-order valence-electron chi connectivity index (χ4n) is 0.711. The first kappa shape index (κ1) is 14.1. The van der Waals surface area contributed by atoms with Crippen molar-refractivity contribution in [3.63, 3.8) is 0 Å². The number of carboxylic acid groups (broad SMARTS) is 1. The van der Waals surface area contributed by atoms with E-state index in [2.05, 4.69) is 33.7 Å². The summed E-state index contributed by atoms with van der Waals surface area (Å²) < 4.78 is -1.03. The van der Waals surface area contributed by atoms with Gasteiger partial charge in [-0.05, 0) is 0 Å². The third-order valence-electron chi connectivity index (χ3n) is 1.57. The Bertz CT molecular complexity index is 309. The molecular formula is C10H15AsN2O2. The molecule has 1 atom stereocenters. The quantitative estimate of drug-likeness (QED) is 0.258. The van der Waals surface area contributed by atoms with Gasteiger partial charge in [-0.25, -0.2) is 0 Å². The predicted molar refractivity (Wildman–Crippen MR) is 60.9 cm³/mol. The molecule has 1 unspecified atom stereocenters. The van der Waals surface area contributed by atoms with E-state index >= 15 is 0 Å². The Morgan fingerprint density at radius 3 is 2.73 bits per heavy atom. The van der Waals surface area contributed by atoms with Crippen molar-refractivity contribution in [3.8, 4) is 11.8 Å². The summed E-state index contributed by atoms with van der Waals surface area (Å²) in [6, 6.07) is 0. The summed E-state index contributed by atoms with van der Waals surface area (Å²) in [4.78, 5) is 14.7. The molecule has 0 aliphatic rings. The zero-order valence-electron chi connectivity index (χ0n) is 8.95. The van der Waals surface area contributed by atoms with Gasteiger partial charge in [0.15, 0.2) is 0 Å². The molecule has 82 valence electrons. The van der Waals surface area contributed by atoms with Gasteiger partial charge in [0.1, 0.15) is 0 Å². The van der Waals surface area contributed by atoms with E-state index in [-0.39, 0.29) is 0 Å². The maximum absolute atomic E-state index is 10.7. The predicted octanol–water partition coefficient (Wildman–Crippen LogP) is 0.579. The van der Waals surface area contributed by atoms with Crippen LogP contribution in [-0.4, -0.2) is 40.3 Å². The molecule has 0 spiro atoms. The van der Waals surface area contributed by atoms with E-state index in [1.807, 2.05) is 0 Å². The molecule has 0 bridgehead atoms. The van der Waals surface area contributed by atoms with Gasteiger partial charge in [0, 0.05) is 0 Å². The Hall–Kier alpha value is -0.942. The molecule has 5 heteroatoms. The number of nitrogens with zero attached hydrogens (tertiary/aromatic N) is 1. The molecule has 0 aliphatic heterocycles. The number of nitrogens with two attached hydrogens (primary N) is 1. The Kier molecular flexibility index (Phi) is 6.12. The second kappa shape index (κ2) is 6.53. The van der Waals surface area contributed by atoms with E-state index in [9.17, 15) is 4.79 Å². The summed E-state index contributed by atoms with van der Waals surface area (Å²) in [5, 5.41) is 8.76. The van der Waals surface area contributed by atoms with E-state index in [0.29, 0.717) is 18.8 Å². The third kappa shape index (κ3) is 7.04. The normalized spacial score (nSPS) is 15.0. The van der Waals surface area contributed by atoms with Crippen LogP contribution in [0.3, 0.4) is 0 Å². The topological polar surface area (TPSA) is 75.7 Å². The van der Waals surface area contributed by atoms with E-state index < -0.39 is 10.2 Å². The van der Waals surface area contributed by atoms with E-state index in [1.165, 1.54) is 0 Å². The van der Waals surface area contributed by atoms with Crippen LogP contribution in [-0.2, 0) is 4.79 Å². The number of aliphatic carboxylic acids is 1. The van der Waals surface area contributed by atoms with E-state index in [1.54, 1.807) is 13.8 Å². The standard InChI is InChI=1S/C10H15AsN2O2/c1-8(12)13-7-5-3-4-6-10(2,11)9(14)15/h3,5,7H2,1-2H3,(H2,12,13)(H,14,15). The molecule has 0 aromatic carbocycles. The molecule has 0 saturated heterocycles. The van der Waals surface area contributed by atoms with Gasteiger partial charge in [-0.15, -0.1) is 0 Å². The second-order valence-electron chi connectivity index (χ2n) is 3.31. The summed E-state index contributed by atoms with van der Waals surface area (Å²) in [6.07, 6.45) is 1.43. The van der Waals surface area contributed by atoms with Gasteiger partial charge in [0.2, 0.25) is 0 Å². The number of hydrogen-bond donors (Lipinski definition) is 2. The first-order valence-corrected chi connectivity index (χ1v) is 5.52. The second-order valence-corrected chi connectivity index (χ2v) is 5.18. The van der Waals surface area contributed by atoms with Crippen LogP contribution in [0.4, 0.5) is 0 Å². The van der Waals surface area contributed by atoms with Crippen molar-refractivity contribution in [2.45, 2.75) is 30.9 Å². The molecule has 0 aromatic rings. The van der Waals surface area contributed by atoms with Gasteiger partial charge in [0.05, 0.1) is 0 Å². The number of aliphatic imine (C=N–C) groups is 1. The molecule has 15 heavy (non-hydrogen) atoms. The Morgan fingerprint density at radius 2 is 2.27 bits per heavy atom. The summed E-state index contributed by atoms with van der Waals surface area (Å²) in [5.74, 6) is 5.15. The number of carbonyl (C=O) groups is 1. The van der Waals surface area contributed by atoms with Gasteiger partial charge in [-0.3, -0.25) is 0 Å². The zero-order valence-corrected chi connectivity index (χ0v) is 10.8. The van der Waals surface area contributed by atoms with Crippen LogP contribution in [0.25, 0.3) is 0 Å². The average Bonchev–Trinajstić information content (AvgIpc) is 2.10. The van der Waals surface area contributed by atoms with Crippen molar-refractivity contribution in [3.05, 3.63) is 0 Å². The molecule has 0 heterocycles. The number of rotatable bonds is 4. The number of unbranched alkanes of at least 4 members (excludes halogenated alkanes) is 1. The maximum atomic E-state index is 10.7. The molecule has 0 aliphatic carbocycles. The third-order valence-corrected chi connectivity index (χ3v) is 2.21. The first-order chi connectivity index (χ1) is 6.86. The van der Waals surface area contributed by atoms with Crippen molar-refractivity contribution >= 4 is 28.7 Å². The monoisotopic (exact) mass is 270 g/mol. The summed E-state index contributed by atoms with van der Waals surface area (Å²) in [7, 11) is 0. The number of hydrogen-bond acceptors (Lipinski definition) is 2. The molecule has 4 nitrogen and oxygen atoms in total. The SMILES string of the molecule is CC(N)=NCCCC#CC(C)([As])C(=O)O. The van der Waals surface area contributed by atoms with E-state index in [0.717, 1.165) is 6.42 Å². The summed E-state index contributed by atoms with van der Waals surface area (Å²) in [5.41, 5.74) is 5.35. The van der Waals surface area contributed by atoms with Gasteiger partial charge in [0.25, 0.3) is 0 Å². The molecule has 0 aromatic heterocycles. The van der Waals surface area contributed by atoms with Crippen molar-refractivity contribution in [1.29, 1.82) is 0 Å². The van der Waals surface area contributed by atoms with Gasteiger partial charge in [-0.1, -0.05) is 0 Å². The summed E-state index contributed by atoms with van der Waals surface area (Å²) >= 11 is 2.06. The van der Waals surface area contributed by atoms with Crippen LogP contribution in [0, 0.1) is 11.8 Å². The van der Waals surface area contributed by atoms with Gasteiger partial charge in [-0.2, -0.15) is 0 Å². The Morgan fingerprint density at radius 1 is 1.67 bits per heavy atom. The van der Waals surface area contributed by atoms with Gasteiger partial charge >= 0.3 is 98.6 Å². The van der Waals surface area contributed by atoms with Crippen LogP contribution in [0.5, 0.6) is 0 Å². The Labute approximate surface area is 98.8 Å². The number of carboxylic acids is 1. The number of amidine groups is 1. The fraction of sp³-hybridized carbons (Fsp3) is 0.600. The molecule has 0 amide bonds.